The average molecular weight is 597 g/mol. The van der Waals surface area contributed by atoms with Gasteiger partial charge in [-0.3, -0.25) is 9.59 Å². The van der Waals surface area contributed by atoms with Gasteiger partial charge < -0.3 is 38.0 Å². The molecule has 0 spiro atoms. The Labute approximate surface area is 250 Å². The SMILES string of the molecule is COc1cc(O)c2c(=O)c(OC)c(-c3ccccc3)oc2c1.COc1cc(O)c2c(=O)c(OC)c(-c3ccccc3)oc2c1. The highest BCUT2D eigenvalue weighted by Crippen LogP contribution is 2.37. The molecule has 0 aliphatic heterocycles. The van der Waals surface area contributed by atoms with E-state index in [-0.39, 0.29) is 44.9 Å². The van der Waals surface area contributed by atoms with Crippen LogP contribution < -0.4 is 29.8 Å². The fourth-order valence-electron chi connectivity index (χ4n) is 4.68. The van der Waals surface area contributed by atoms with Crippen molar-refractivity contribution in [2.75, 3.05) is 28.4 Å². The molecule has 2 heterocycles. The summed E-state index contributed by atoms with van der Waals surface area (Å²) >= 11 is 0. The highest BCUT2D eigenvalue weighted by Gasteiger charge is 2.21. The number of rotatable bonds is 6. The van der Waals surface area contributed by atoms with E-state index in [0.29, 0.717) is 34.1 Å². The largest absolute Gasteiger partial charge is 0.507 e. The molecular formula is C34H28O10. The van der Waals surface area contributed by atoms with Gasteiger partial charge in [-0.2, -0.15) is 0 Å². The molecule has 0 aliphatic rings. The van der Waals surface area contributed by atoms with Gasteiger partial charge in [-0.05, 0) is 0 Å². The van der Waals surface area contributed by atoms with Crippen LogP contribution in [0.1, 0.15) is 0 Å². The van der Waals surface area contributed by atoms with Crippen LogP contribution in [0, 0.1) is 0 Å². The lowest BCUT2D eigenvalue weighted by atomic mass is 10.1. The van der Waals surface area contributed by atoms with Crippen molar-refractivity contribution in [1.82, 2.24) is 0 Å². The maximum absolute atomic E-state index is 12.6. The molecule has 6 rings (SSSR count). The molecule has 224 valence electrons. The van der Waals surface area contributed by atoms with Gasteiger partial charge in [0.05, 0.1) is 28.4 Å². The predicted octanol–water partition coefficient (Wildman–Crippen LogP) is 6.37. The second-order valence-electron chi connectivity index (χ2n) is 9.36. The number of aromatic hydroxyl groups is 2. The minimum Gasteiger partial charge on any atom is -0.507 e. The number of hydrogen-bond acceptors (Lipinski definition) is 10. The highest BCUT2D eigenvalue weighted by atomic mass is 16.5. The molecule has 44 heavy (non-hydrogen) atoms. The highest BCUT2D eigenvalue weighted by molar-refractivity contribution is 5.89. The number of phenols is 2. The molecule has 0 bridgehead atoms. The van der Waals surface area contributed by atoms with E-state index in [1.807, 2.05) is 60.7 Å². The smallest absolute Gasteiger partial charge is 0.239 e. The van der Waals surface area contributed by atoms with Crippen LogP contribution in [0.3, 0.4) is 0 Å². The van der Waals surface area contributed by atoms with Gasteiger partial charge in [0.1, 0.15) is 44.9 Å². The Hall–Kier alpha value is -5.90. The molecule has 0 atom stereocenters. The van der Waals surface area contributed by atoms with Gasteiger partial charge >= 0.3 is 0 Å². The van der Waals surface area contributed by atoms with Crippen LogP contribution in [-0.2, 0) is 0 Å². The lowest BCUT2D eigenvalue weighted by Crippen LogP contribution is -2.08. The standard InChI is InChI=1S/2C17H14O5/c2*1-20-11-8-12(18)14-13(9-11)22-16(17(21-2)15(14)19)10-6-4-3-5-7-10/h2*3-9,18H,1-2H3. The maximum Gasteiger partial charge on any atom is 0.239 e. The number of benzene rings is 4. The van der Waals surface area contributed by atoms with Crippen molar-refractivity contribution in [2.45, 2.75) is 0 Å². The minimum absolute atomic E-state index is 0.0548. The van der Waals surface area contributed by atoms with Crippen LogP contribution in [0.4, 0.5) is 0 Å². The fraction of sp³-hybridized carbons (Fsp3) is 0.118. The molecule has 0 unspecified atom stereocenters. The summed E-state index contributed by atoms with van der Waals surface area (Å²) in [6.45, 7) is 0. The Morgan fingerprint density at radius 1 is 0.523 bits per heavy atom. The number of hydrogen-bond donors (Lipinski definition) is 2. The molecule has 10 nitrogen and oxygen atoms in total. The molecular weight excluding hydrogens is 568 g/mol. The average Bonchev–Trinajstić information content (AvgIpc) is 3.05. The first-order valence-corrected chi connectivity index (χ1v) is 13.3. The Morgan fingerprint density at radius 3 is 1.20 bits per heavy atom. The number of phenolic OH excluding ortho intramolecular Hbond substituents is 2. The van der Waals surface area contributed by atoms with Crippen molar-refractivity contribution >= 4 is 21.9 Å². The van der Waals surface area contributed by atoms with Gasteiger partial charge in [-0.1, -0.05) is 60.7 Å². The third-order valence-electron chi connectivity index (χ3n) is 6.76. The molecule has 2 N–H and O–H groups in total. The quantitative estimate of drug-likeness (QED) is 0.223. The Bertz CT molecular complexity index is 1910. The Kier molecular flexibility index (Phi) is 8.43. The molecule has 0 saturated heterocycles. The summed E-state index contributed by atoms with van der Waals surface area (Å²) in [7, 11) is 5.73. The van der Waals surface area contributed by atoms with E-state index >= 15 is 0 Å². The zero-order chi connectivity index (χ0) is 31.4. The van der Waals surface area contributed by atoms with Gasteiger partial charge in [0.15, 0.2) is 11.5 Å². The van der Waals surface area contributed by atoms with E-state index in [1.54, 1.807) is 12.1 Å². The van der Waals surface area contributed by atoms with Gasteiger partial charge in [0.2, 0.25) is 22.4 Å². The summed E-state index contributed by atoms with van der Waals surface area (Å²) in [4.78, 5) is 25.2. The van der Waals surface area contributed by atoms with Crippen molar-refractivity contribution in [2.24, 2.45) is 0 Å². The molecule has 4 aromatic carbocycles. The zero-order valence-electron chi connectivity index (χ0n) is 24.2. The van der Waals surface area contributed by atoms with E-state index in [9.17, 15) is 19.8 Å². The summed E-state index contributed by atoms with van der Waals surface area (Å²) < 4.78 is 32.2. The molecule has 0 fully saturated rings. The molecule has 2 aromatic heterocycles. The third kappa shape index (κ3) is 5.48. The third-order valence-corrected chi connectivity index (χ3v) is 6.76. The van der Waals surface area contributed by atoms with Crippen molar-refractivity contribution in [3.8, 4) is 57.1 Å². The van der Waals surface area contributed by atoms with E-state index in [1.165, 1.54) is 40.6 Å². The Morgan fingerprint density at radius 2 is 0.886 bits per heavy atom. The summed E-state index contributed by atoms with van der Waals surface area (Å²) in [5, 5.41) is 20.2. The van der Waals surface area contributed by atoms with Crippen LogP contribution in [-0.4, -0.2) is 38.7 Å². The lowest BCUT2D eigenvalue weighted by molar-refractivity contribution is 0.394. The minimum atomic E-state index is -0.428. The van der Waals surface area contributed by atoms with Gasteiger partial charge in [-0.15, -0.1) is 0 Å². The van der Waals surface area contributed by atoms with Crippen LogP contribution >= 0.6 is 0 Å². The van der Waals surface area contributed by atoms with E-state index in [4.69, 9.17) is 27.8 Å². The lowest BCUT2D eigenvalue weighted by Gasteiger charge is -2.10. The van der Waals surface area contributed by atoms with Crippen LogP contribution in [0.25, 0.3) is 44.6 Å². The summed E-state index contributed by atoms with van der Waals surface area (Å²) in [6, 6.07) is 24.2. The maximum atomic E-state index is 12.6. The van der Waals surface area contributed by atoms with Crippen LogP contribution in [0.2, 0.25) is 0 Å². The first-order chi connectivity index (χ1) is 21.3. The molecule has 6 aromatic rings. The van der Waals surface area contributed by atoms with Gasteiger partial charge in [-0.25, -0.2) is 0 Å². The summed E-state index contributed by atoms with van der Waals surface area (Å²) in [6.07, 6.45) is 0. The second kappa shape index (κ2) is 12.5. The van der Waals surface area contributed by atoms with Crippen molar-refractivity contribution in [3.05, 3.63) is 105 Å². The fourth-order valence-corrected chi connectivity index (χ4v) is 4.68. The van der Waals surface area contributed by atoms with Crippen molar-refractivity contribution < 1.29 is 38.0 Å². The van der Waals surface area contributed by atoms with E-state index in [0.717, 1.165) is 0 Å². The summed E-state index contributed by atoms with van der Waals surface area (Å²) in [5.41, 5.74) is 1.04. The first-order valence-electron chi connectivity index (χ1n) is 13.3. The molecule has 0 saturated carbocycles. The normalized spacial score (nSPS) is 10.6. The topological polar surface area (TPSA) is 138 Å². The Balaban J connectivity index is 0.000000175. The number of fused-ring (bicyclic) bond motifs is 2. The summed E-state index contributed by atoms with van der Waals surface area (Å²) in [5.74, 6) is 1.12. The molecule has 10 heteroatoms. The van der Waals surface area contributed by atoms with Gasteiger partial charge in [0, 0.05) is 35.4 Å². The molecule has 0 amide bonds. The van der Waals surface area contributed by atoms with E-state index < -0.39 is 10.9 Å². The first kappa shape index (κ1) is 29.6. The molecule has 0 aliphatic carbocycles. The predicted molar refractivity (Wildman–Crippen MR) is 165 cm³/mol. The number of ether oxygens (including phenoxy) is 4. The number of methoxy groups -OCH3 is 4. The van der Waals surface area contributed by atoms with Crippen LogP contribution in [0.15, 0.2) is 103 Å². The zero-order valence-corrected chi connectivity index (χ0v) is 24.2. The second-order valence-corrected chi connectivity index (χ2v) is 9.36. The molecule has 0 radical (unpaired) electrons. The van der Waals surface area contributed by atoms with Gasteiger partial charge in [0.25, 0.3) is 0 Å². The van der Waals surface area contributed by atoms with Crippen LogP contribution in [0.5, 0.6) is 34.5 Å². The van der Waals surface area contributed by atoms with E-state index in [2.05, 4.69) is 0 Å². The monoisotopic (exact) mass is 596 g/mol. The van der Waals surface area contributed by atoms with Crippen molar-refractivity contribution in [1.29, 1.82) is 0 Å². The van der Waals surface area contributed by atoms with Crippen molar-refractivity contribution in [3.63, 3.8) is 0 Å².